The van der Waals surface area contributed by atoms with E-state index in [0.29, 0.717) is 0 Å². The van der Waals surface area contributed by atoms with Gasteiger partial charge in [-0.15, -0.1) is 0 Å². The summed E-state index contributed by atoms with van der Waals surface area (Å²) in [5.74, 6) is -0.131. The summed E-state index contributed by atoms with van der Waals surface area (Å²) < 4.78 is 0. The molecule has 4 nitrogen and oxygen atoms in total. The van der Waals surface area contributed by atoms with Crippen LogP contribution >= 0.6 is 0 Å². The van der Waals surface area contributed by atoms with Crippen molar-refractivity contribution in [2.24, 2.45) is 17.1 Å². The Morgan fingerprint density at radius 3 is 2.25 bits per heavy atom. The Bertz CT molecular complexity index is 246. The van der Waals surface area contributed by atoms with Gasteiger partial charge in [0.05, 0.1) is 12.1 Å². The van der Waals surface area contributed by atoms with E-state index in [4.69, 9.17) is 5.73 Å². The van der Waals surface area contributed by atoms with Crippen LogP contribution in [0.2, 0.25) is 0 Å². The molecule has 0 fully saturated rings. The summed E-state index contributed by atoms with van der Waals surface area (Å²) in [5, 5.41) is 2.69. The first kappa shape index (κ1) is 15.1. The number of hydrogen-bond donors (Lipinski definition) is 2. The van der Waals surface area contributed by atoms with Gasteiger partial charge in [-0.3, -0.25) is 4.79 Å². The lowest BCUT2D eigenvalue weighted by Crippen LogP contribution is -2.52. The van der Waals surface area contributed by atoms with Gasteiger partial charge < -0.3 is 15.8 Å². The molecule has 0 aliphatic heterocycles. The monoisotopic (exact) mass is 228 g/mol. The zero-order valence-electron chi connectivity index (χ0n) is 10.9. The van der Waals surface area contributed by atoms with Crippen LogP contribution in [0.4, 0.5) is 0 Å². The molecule has 4 heteroatoms. The molecule has 0 radical (unpaired) electrons. The maximum atomic E-state index is 11.8. The zero-order valence-corrected chi connectivity index (χ0v) is 10.9. The largest absolute Gasteiger partial charge is 0.345 e. The fourth-order valence-electron chi connectivity index (χ4n) is 1.22. The van der Waals surface area contributed by atoms with Crippen LogP contribution in [0.15, 0.2) is 0 Å². The number of carbonyl (C=O) groups excluding carboxylic acids is 2. The number of amides is 1. The highest BCUT2D eigenvalue weighted by Gasteiger charge is 2.28. The molecular formula is C12H24N2O2. The van der Waals surface area contributed by atoms with E-state index in [2.05, 4.69) is 5.32 Å². The Kier molecular flexibility index (Phi) is 5.65. The molecule has 0 rings (SSSR count). The smallest absolute Gasteiger partial charge is 0.237 e. The average molecular weight is 228 g/mol. The van der Waals surface area contributed by atoms with Gasteiger partial charge in [0.15, 0.2) is 0 Å². The van der Waals surface area contributed by atoms with Gasteiger partial charge in [0, 0.05) is 0 Å². The molecule has 0 aromatic heterocycles. The Morgan fingerprint density at radius 2 is 1.94 bits per heavy atom. The predicted octanol–water partition coefficient (Wildman–Crippen LogP) is 1.09. The van der Waals surface area contributed by atoms with Crippen molar-refractivity contribution in [3.63, 3.8) is 0 Å². The van der Waals surface area contributed by atoms with Crippen molar-refractivity contribution in [2.75, 3.05) is 0 Å². The molecule has 0 heterocycles. The fraction of sp³-hybridized carbons (Fsp3) is 0.833. The molecule has 0 unspecified atom stereocenters. The molecule has 0 saturated carbocycles. The van der Waals surface area contributed by atoms with Crippen LogP contribution in [0.25, 0.3) is 0 Å². The van der Waals surface area contributed by atoms with Gasteiger partial charge in [0.2, 0.25) is 5.91 Å². The van der Waals surface area contributed by atoms with Crippen LogP contribution in [0, 0.1) is 11.3 Å². The van der Waals surface area contributed by atoms with E-state index in [1.807, 2.05) is 34.6 Å². The maximum absolute atomic E-state index is 11.8. The average Bonchev–Trinajstić information content (AvgIpc) is 2.21. The summed E-state index contributed by atoms with van der Waals surface area (Å²) in [6.45, 7) is 9.62. The van der Waals surface area contributed by atoms with E-state index in [-0.39, 0.29) is 17.2 Å². The lowest BCUT2D eigenvalue weighted by Gasteiger charge is -2.28. The van der Waals surface area contributed by atoms with Crippen LogP contribution in [0.5, 0.6) is 0 Å². The van der Waals surface area contributed by atoms with Crippen LogP contribution in [-0.2, 0) is 9.59 Å². The molecule has 0 bridgehead atoms. The number of nitrogens with one attached hydrogen (secondary N) is 1. The van der Waals surface area contributed by atoms with Crippen molar-refractivity contribution in [2.45, 2.75) is 53.1 Å². The van der Waals surface area contributed by atoms with E-state index in [1.54, 1.807) is 0 Å². The van der Waals surface area contributed by atoms with Gasteiger partial charge in [0.25, 0.3) is 0 Å². The van der Waals surface area contributed by atoms with Gasteiger partial charge in [-0.25, -0.2) is 0 Å². The molecule has 0 saturated heterocycles. The Balaban J connectivity index is 4.48. The summed E-state index contributed by atoms with van der Waals surface area (Å²) in [5.41, 5.74) is 5.50. The van der Waals surface area contributed by atoms with Gasteiger partial charge in [0.1, 0.15) is 6.29 Å². The van der Waals surface area contributed by atoms with Crippen molar-refractivity contribution >= 4 is 12.2 Å². The molecule has 0 aliphatic rings. The van der Waals surface area contributed by atoms with Gasteiger partial charge in [-0.1, -0.05) is 41.0 Å². The normalized spacial score (nSPS) is 17.4. The summed E-state index contributed by atoms with van der Waals surface area (Å²) >= 11 is 0. The second-order valence-corrected chi connectivity index (χ2v) is 5.40. The van der Waals surface area contributed by atoms with Gasteiger partial charge in [-0.2, -0.15) is 0 Å². The van der Waals surface area contributed by atoms with E-state index >= 15 is 0 Å². The maximum Gasteiger partial charge on any atom is 0.237 e. The quantitative estimate of drug-likeness (QED) is 0.692. The minimum absolute atomic E-state index is 0.118. The third-order valence-electron chi connectivity index (χ3n) is 2.93. The van der Waals surface area contributed by atoms with E-state index in [0.717, 1.165) is 12.7 Å². The van der Waals surface area contributed by atoms with Gasteiger partial charge >= 0.3 is 0 Å². The Labute approximate surface area is 98.0 Å². The van der Waals surface area contributed by atoms with E-state index in [1.165, 1.54) is 0 Å². The number of aldehydes is 1. The molecule has 3 N–H and O–H groups in total. The van der Waals surface area contributed by atoms with Crippen LogP contribution < -0.4 is 11.1 Å². The second kappa shape index (κ2) is 5.99. The summed E-state index contributed by atoms with van der Waals surface area (Å²) in [4.78, 5) is 22.7. The topological polar surface area (TPSA) is 72.2 Å². The SMILES string of the molecule is CC[C@H](C)[C@H](N)C(=O)N[C@H](C=O)C(C)(C)C. The highest BCUT2D eigenvalue weighted by atomic mass is 16.2. The first-order valence-electron chi connectivity index (χ1n) is 5.75. The zero-order chi connectivity index (χ0) is 12.9. The molecule has 1 amide bonds. The lowest BCUT2D eigenvalue weighted by atomic mass is 9.87. The highest BCUT2D eigenvalue weighted by Crippen LogP contribution is 2.18. The van der Waals surface area contributed by atoms with Crippen molar-refractivity contribution in [1.82, 2.24) is 5.32 Å². The standard InChI is InChI=1S/C12H24N2O2/c1-6-8(2)10(13)11(16)14-9(7-15)12(3,4)5/h7-10H,6,13H2,1-5H3,(H,14,16)/t8-,9+,10-/m0/s1. The number of nitrogens with two attached hydrogens (primary N) is 1. The number of rotatable bonds is 5. The molecular weight excluding hydrogens is 204 g/mol. The number of carbonyl (C=O) groups is 2. The molecule has 0 aromatic rings. The molecule has 3 atom stereocenters. The minimum atomic E-state index is -0.546. The molecule has 94 valence electrons. The van der Waals surface area contributed by atoms with Crippen molar-refractivity contribution in [3.05, 3.63) is 0 Å². The minimum Gasteiger partial charge on any atom is -0.345 e. The third-order valence-corrected chi connectivity index (χ3v) is 2.93. The highest BCUT2D eigenvalue weighted by molar-refractivity contribution is 5.84. The lowest BCUT2D eigenvalue weighted by molar-refractivity contribution is -0.127. The second-order valence-electron chi connectivity index (χ2n) is 5.40. The molecule has 16 heavy (non-hydrogen) atoms. The fourth-order valence-corrected chi connectivity index (χ4v) is 1.22. The van der Waals surface area contributed by atoms with Crippen molar-refractivity contribution in [3.8, 4) is 0 Å². The summed E-state index contributed by atoms with van der Waals surface area (Å²) in [6, 6.07) is -1.04. The van der Waals surface area contributed by atoms with Crippen LogP contribution in [-0.4, -0.2) is 24.3 Å². The predicted molar refractivity (Wildman–Crippen MR) is 64.9 cm³/mol. The van der Waals surface area contributed by atoms with Gasteiger partial charge in [-0.05, 0) is 11.3 Å². The van der Waals surface area contributed by atoms with Crippen molar-refractivity contribution < 1.29 is 9.59 Å². The molecule has 0 aromatic carbocycles. The molecule has 0 spiro atoms. The first-order valence-corrected chi connectivity index (χ1v) is 5.75. The number of hydrogen-bond acceptors (Lipinski definition) is 3. The summed E-state index contributed by atoms with van der Waals surface area (Å²) in [7, 11) is 0. The van der Waals surface area contributed by atoms with E-state index < -0.39 is 12.1 Å². The van der Waals surface area contributed by atoms with Crippen LogP contribution in [0.1, 0.15) is 41.0 Å². The Hall–Kier alpha value is -0.900. The first-order chi connectivity index (χ1) is 7.23. The Morgan fingerprint density at radius 1 is 1.44 bits per heavy atom. The van der Waals surface area contributed by atoms with Crippen molar-refractivity contribution in [1.29, 1.82) is 0 Å². The summed E-state index contributed by atoms with van der Waals surface area (Å²) in [6.07, 6.45) is 1.61. The third kappa shape index (κ3) is 4.31. The van der Waals surface area contributed by atoms with Crippen LogP contribution in [0.3, 0.4) is 0 Å². The molecule has 0 aliphatic carbocycles. The van der Waals surface area contributed by atoms with E-state index in [9.17, 15) is 9.59 Å².